The van der Waals surface area contributed by atoms with Crippen LogP contribution in [0, 0.1) is 6.92 Å². The Balaban J connectivity index is 1.43. The molecule has 0 saturated heterocycles. The monoisotopic (exact) mass is 462 g/mol. The molecule has 0 radical (unpaired) electrons. The molecule has 4 rings (SSSR count). The van der Waals surface area contributed by atoms with E-state index in [9.17, 15) is 22.8 Å². The fourth-order valence-electron chi connectivity index (χ4n) is 3.28. The summed E-state index contributed by atoms with van der Waals surface area (Å²) in [4.78, 5) is 28.9. The van der Waals surface area contributed by atoms with Crippen molar-refractivity contribution in [3.05, 3.63) is 64.2 Å². The van der Waals surface area contributed by atoms with Crippen LogP contribution < -0.4 is 5.32 Å². The van der Waals surface area contributed by atoms with E-state index in [4.69, 9.17) is 0 Å². The SMILES string of the molecule is Cc1ccc(-c2cc(C(=O)N(Cc3ccc(C(=O)NCC(F)(F)F)cc3)C3CC3)n[nH]2)s1. The van der Waals surface area contributed by atoms with Crippen LogP contribution in [0.3, 0.4) is 0 Å². The maximum atomic E-state index is 13.1. The van der Waals surface area contributed by atoms with E-state index in [1.165, 1.54) is 12.1 Å². The van der Waals surface area contributed by atoms with Crippen LogP contribution in [0.5, 0.6) is 0 Å². The van der Waals surface area contributed by atoms with Crippen molar-refractivity contribution in [3.8, 4) is 10.6 Å². The van der Waals surface area contributed by atoms with Gasteiger partial charge >= 0.3 is 6.18 Å². The van der Waals surface area contributed by atoms with Gasteiger partial charge in [-0.15, -0.1) is 11.3 Å². The Kier molecular flexibility index (Phi) is 6.05. The van der Waals surface area contributed by atoms with Crippen molar-refractivity contribution in [2.75, 3.05) is 6.54 Å². The summed E-state index contributed by atoms with van der Waals surface area (Å²) >= 11 is 1.61. The second-order valence-electron chi connectivity index (χ2n) is 7.74. The summed E-state index contributed by atoms with van der Waals surface area (Å²) < 4.78 is 36.8. The smallest absolute Gasteiger partial charge is 0.343 e. The third-order valence-electron chi connectivity index (χ3n) is 5.07. The van der Waals surface area contributed by atoms with Crippen LogP contribution in [0.2, 0.25) is 0 Å². The first-order valence-electron chi connectivity index (χ1n) is 10.1. The Morgan fingerprint density at radius 3 is 2.50 bits per heavy atom. The number of nitrogens with one attached hydrogen (secondary N) is 2. The summed E-state index contributed by atoms with van der Waals surface area (Å²) in [7, 11) is 0. The quantitative estimate of drug-likeness (QED) is 0.541. The minimum absolute atomic E-state index is 0.126. The molecule has 0 unspecified atom stereocenters. The highest BCUT2D eigenvalue weighted by molar-refractivity contribution is 7.15. The first-order valence-corrected chi connectivity index (χ1v) is 10.9. The van der Waals surface area contributed by atoms with Gasteiger partial charge in [0.1, 0.15) is 6.54 Å². The van der Waals surface area contributed by atoms with Crippen molar-refractivity contribution < 1.29 is 22.8 Å². The van der Waals surface area contributed by atoms with E-state index in [1.54, 1.807) is 34.4 Å². The number of rotatable bonds is 7. The molecule has 0 atom stereocenters. The molecule has 1 fully saturated rings. The molecule has 2 heterocycles. The Bertz CT molecular complexity index is 1120. The Hall–Kier alpha value is -3.14. The van der Waals surface area contributed by atoms with Gasteiger partial charge in [0.05, 0.1) is 10.6 Å². The number of halogens is 3. The van der Waals surface area contributed by atoms with Crippen molar-refractivity contribution >= 4 is 23.2 Å². The van der Waals surface area contributed by atoms with Crippen molar-refractivity contribution in [1.29, 1.82) is 0 Å². The molecular weight excluding hydrogens is 441 g/mol. The number of aromatic nitrogens is 2. The summed E-state index contributed by atoms with van der Waals surface area (Å²) in [5.74, 6) is -0.979. The summed E-state index contributed by atoms with van der Waals surface area (Å²) in [6.07, 6.45) is -2.65. The van der Waals surface area contributed by atoms with E-state index in [2.05, 4.69) is 10.2 Å². The van der Waals surface area contributed by atoms with Crippen molar-refractivity contribution in [2.24, 2.45) is 0 Å². The molecule has 6 nitrogen and oxygen atoms in total. The van der Waals surface area contributed by atoms with E-state index in [0.717, 1.165) is 33.9 Å². The molecule has 1 aliphatic rings. The number of H-pyrrole nitrogens is 1. The molecular formula is C22H21F3N4O2S. The van der Waals surface area contributed by atoms with Gasteiger partial charge in [-0.1, -0.05) is 12.1 Å². The molecule has 1 saturated carbocycles. The Labute approximate surface area is 186 Å². The lowest BCUT2D eigenvalue weighted by Gasteiger charge is -2.21. The standard InChI is InChI=1S/C22H21F3N4O2S/c1-13-2-9-19(32-13)17-10-18(28-27-17)21(31)29(16-7-8-16)11-14-3-5-15(6-4-14)20(30)26-12-22(23,24)25/h2-6,9-10,16H,7-8,11-12H2,1H3,(H,26,30)(H,27,28). The van der Waals surface area contributed by atoms with Gasteiger partial charge in [0.15, 0.2) is 5.69 Å². The number of nitrogens with zero attached hydrogens (tertiary/aromatic N) is 2. The molecule has 0 aliphatic heterocycles. The third kappa shape index (κ3) is 5.37. The highest BCUT2D eigenvalue weighted by Crippen LogP contribution is 2.31. The molecule has 168 valence electrons. The number of benzene rings is 1. The molecule has 0 spiro atoms. The normalized spacial score (nSPS) is 13.8. The topological polar surface area (TPSA) is 78.1 Å². The van der Waals surface area contributed by atoms with Crippen molar-refractivity contribution in [2.45, 2.75) is 38.5 Å². The highest BCUT2D eigenvalue weighted by Gasteiger charge is 2.34. The van der Waals surface area contributed by atoms with Gasteiger partial charge in [0.2, 0.25) is 0 Å². The van der Waals surface area contributed by atoms with Crippen LogP contribution >= 0.6 is 11.3 Å². The number of aryl methyl sites for hydroxylation is 1. The van der Waals surface area contributed by atoms with Gasteiger partial charge in [-0.3, -0.25) is 14.7 Å². The Morgan fingerprint density at radius 1 is 1.19 bits per heavy atom. The first kappa shape index (κ1) is 22.1. The number of hydrogen-bond acceptors (Lipinski definition) is 4. The van der Waals surface area contributed by atoms with Crippen LogP contribution in [0.4, 0.5) is 13.2 Å². The van der Waals surface area contributed by atoms with E-state index in [0.29, 0.717) is 12.2 Å². The maximum absolute atomic E-state index is 13.1. The fourth-order valence-corrected chi connectivity index (χ4v) is 4.11. The molecule has 1 aliphatic carbocycles. The van der Waals surface area contributed by atoms with E-state index >= 15 is 0 Å². The van der Waals surface area contributed by atoms with E-state index < -0.39 is 18.6 Å². The predicted octanol–water partition coefficient (Wildman–Crippen LogP) is 4.54. The molecule has 10 heteroatoms. The number of hydrogen-bond donors (Lipinski definition) is 2. The van der Waals surface area contributed by atoms with Crippen LogP contribution in [-0.4, -0.2) is 45.7 Å². The van der Waals surface area contributed by atoms with E-state index in [1.807, 2.05) is 24.4 Å². The zero-order valence-electron chi connectivity index (χ0n) is 17.2. The molecule has 2 amide bonds. The summed E-state index contributed by atoms with van der Waals surface area (Å²) in [6, 6.07) is 12.1. The van der Waals surface area contributed by atoms with Crippen molar-refractivity contribution in [1.82, 2.24) is 20.4 Å². The van der Waals surface area contributed by atoms with Crippen LogP contribution in [0.1, 0.15) is 44.1 Å². The second kappa shape index (κ2) is 8.78. The highest BCUT2D eigenvalue weighted by atomic mass is 32.1. The lowest BCUT2D eigenvalue weighted by atomic mass is 10.1. The van der Waals surface area contributed by atoms with Gasteiger partial charge in [-0.2, -0.15) is 18.3 Å². The molecule has 1 aromatic carbocycles. The van der Waals surface area contributed by atoms with Crippen LogP contribution in [-0.2, 0) is 6.54 Å². The Morgan fingerprint density at radius 2 is 1.91 bits per heavy atom. The third-order valence-corrected chi connectivity index (χ3v) is 6.10. The maximum Gasteiger partial charge on any atom is 0.405 e. The zero-order chi connectivity index (χ0) is 22.9. The first-order chi connectivity index (χ1) is 15.2. The van der Waals surface area contributed by atoms with Gasteiger partial charge in [-0.25, -0.2) is 0 Å². The minimum Gasteiger partial charge on any atom is -0.343 e. The molecule has 3 aromatic rings. The average molecular weight is 462 g/mol. The summed E-state index contributed by atoms with van der Waals surface area (Å²) in [5, 5.41) is 8.97. The van der Waals surface area contributed by atoms with Gasteiger partial charge in [-0.05, 0) is 55.7 Å². The number of alkyl halides is 3. The molecule has 2 aromatic heterocycles. The van der Waals surface area contributed by atoms with E-state index in [-0.39, 0.29) is 17.5 Å². The average Bonchev–Trinajstić information content (AvgIpc) is 3.30. The lowest BCUT2D eigenvalue weighted by Crippen LogP contribution is -2.34. The number of carbonyl (C=O) groups excluding carboxylic acids is 2. The van der Waals surface area contributed by atoms with Gasteiger partial charge < -0.3 is 10.2 Å². The summed E-state index contributed by atoms with van der Waals surface area (Å²) in [6.45, 7) is 0.957. The van der Waals surface area contributed by atoms with Gasteiger partial charge in [0, 0.05) is 23.0 Å². The second-order valence-corrected chi connectivity index (χ2v) is 9.02. The molecule has 32 heavy (non-hydrogen) atoms. The molecule has 2 N–H and O–H groups in total. The number of carbonyl (C=O) groups is 2. The predicted molar refractivity (Wildman–Crippen MR) is 114 cm³/mol. The van der Waals surface area contributed by atoms with Crippen LogP contribution in [0.15, 0.2) is 42.5 Å². The largest absolute Gasteiger partial charge is 0.405 e. The zero-order valence-corrected chi connectivity index (χ0v) is 18.0. The number of thiophene rings is 1. The van der Waals surface area contributed by atoms with Gasteiger partial charge in [0.25, 0.3) is 11.8 Å². The summed E-state index contributed by atoms with van der Waals surface area (Å²) in [5.41, 5.74) is 2.03. The van der Waals surface area contributed by atoms with Crippen molar-refractivity contribution in [3.63, 3.8) is 0 Å². The van der Waals surface area contributed by atoms with Crippen LogP contribution in [0.25, 0.3) is 10.6 Å². The minimum atomic E-state index is -4.46. The molecule has 0 bridgehead atoms. The number of amides is 2. The number of aromatic amines is 1. The lowest BCUT2D eigenvalue weighted by molar-refractivity contribution is -0.123. The fraction of sp³-hybridized carbons (Fsp3) is 0.318.